The summed E-state index contributed by atoms with van der Waals surface area (Å²) in [5.41, 5.74) is 6.94. The molecule has 25 heavy (non-hydrogen) atoms. The third kappa shape index (κ3) is 5.25. The fourth-order valence-corrected chi connectivity index (χ4v) is 3.47. The first kappa shape index (κ1) is 18.3. The molecule has 3 rings (SSSR count). The van der Waals surface area contributed by atoms with Gasteiger partial charge in [-0.15, -0.1) is 0 Å². The molecule has 0 spiro atoms. The summed E-state index contributed by atoms with van der Waals surface area (Å²) in [5.74, 6) is 0.141. The van der Waals surface area contributed by atoms with E-state index in [9.17, 15) is 9.18 Å². The summed E-state index contributed by atoms with van der Waals surface area (Å²) < 4.78 is 25.1. The van der Waals surface area contributed by atoms with Crippen molar-refractivity contribution in [3.8, 4) is 0 Å². The van der Waals surface area contributed by atoms with Gasteiger partial charge >= 0.3 is 5.97 Å². The number of esters is 1. The number of hydrogen-bond acceptors (Lipinski definition) is 4. The second kappa shape index (κ2) is 8.28. The minimum atomic E-state index is -0.559. The van der Waals surface area contributed by atoms with Crippen LogP contribution in [0.15, 0.2) is 24.3 Å². The summed E-state index contributed by atoms with van der Waals surface area (Å²) in [7, 11) is 0. The highest BCUT2D eigenvalue weighted by molar-refractivity contribution is 5.75. The van der Waals surface area contributed by atoms with E-state index in [1.54, 1.807) is 12.1 Å². The quantitative estimate of drug-likeness (QED) is 0.829. The van der Waals surface area contributed by atoms with Crippen molar-refractivity contribution in [2.24, 2.45) is 17.6 Å². The maximum Gasteiger partial charge on any atom is 0.323 e. The molecule has 1 aliphatic heterocycles. The van der Waals surface area contributed by atoms with E-state index in [1.165, 1.54) is 25.0 Å². The SMILES string of the molecule is CC1OC(=O)C(N)CCCC(OCC2CC2)C1Cc1ccc(F)cc1. The highest BCUT2D eigenvalue weighted by atomic mass is 19.1. The van der Waals surface area contributed by atoms with Crippen molar-refractivity contribution in [1.29, 1.82) is 0 Å². The predicted molar refractivity (Wildman–Crippen MR) is 93.4 cm³/mol. The number of ether oxygens (including phenoxy) is 2. The molecule has 4 nitrogen and oxygen atoms in total. The van der Waals surface area contributed by atoms with Crippen LogP contribution in [0.3, 0.4) is 0 Å². The van der Waals surface area contributed by atoms with E-state index in [0.717, 1.165) is 25.0 Å². The predicted octanol–water partition coefficient (Wildman–Crippen LogP) is 3.22. The normalized spacial score (nSPS) is 30.9. The zero-order valence-corrected chi connectivity index (χ0v) is 14.8. The Morgan fingerprint density at radius 3 is 2.60 bits per heavy atom. The van der Waals surface area contributed by atoms with Crippen molar-refractivity contribution in [3.05, 3.63) is 35.6 Å². The topological polar surface area (TPSA) is 61.5 Å². The lowest BCUT2D eigenvalue weighted by Gasteiger charge is -2.31. The van der Waals surface area contributed by atoms with Crippen molar-refractivity contribution >= 4 is 5.97 Å². The first-order valence-electron chi connectivity index (χ1n) is 9.35. The Labute approximate surface area is 148 Å². The van der Waals surface area contributed by atoms with E-state index in [2.05, 4.69) is 0 Å². The average Bonchev–Trinajstić information content (AvgIpc) is 3.40. The van der Waals surface area contributed by atoms with Gasteiger partial charge in [-0.05, 0) is 69.1 Å². The van der Waals surface area contributed by atoms with Gasteiger partial charge in [0, 0.05) is 12.5 Å². The van der Waals surface area contributed by atoms with Gasteiger partial charge in [0.05, 0.1) is 6.10 Å². The molecule has 2 N–H and O–H groups in total. The molecule has 2 fully saturated rings. The molecule has 1 saturated carbocycles. The smallest absolute Gasteiger partial charge is 0.323 e. The molecule has 1 aromatic rings. The van der Waals surface area contributed by atoms with Crippen molar-refractivity contribution in [3.63, 3.8) is 0 Å². The Morgan fingerprint density at radius 1 is 1.20 bits per heavy atom. The lowest BCUT2D eigenvalue weighted by Crippen LogP contribution is -2.39. The second-order valence-corrected chi connectivity index (χ2v) is 7.49. The summed E-state index contributed by atoms with van der Waals surface area (Å²) in [4.78, 5) is 12.1. The van der Waals surface area contributed by atoms with Gasteiger partial charge in [0.2, 0.25) is 0 Å². The molecule has 2 aliphatic rings. The highest BCUT2D eigenvalue weighted by Crippen LogP contribution is 2.32. The summed E-state index contributed by atoms with van der Waals surface area (Å²) >= 11 is 0. The monoisotopic (exact) mass is 349 g/mol. The van der Waals surface area contributed by atoms with Crippen LogP contribution in [0.1, 0.15) is 44.6 Å². The summed E-state index contributed by atoms with van der Waals surface area (Å²) in [6.45, 7) is 2.69. The third-order valence-electron chi connectivity index (χ3n) is 5.32. The molecule has 0 amide bonds. The number of halogens is 1. The van der Waals surface area contributed by atoms with Crippen LogP contribution in [0.4, 0.5) is 4.39 Å². The fraction of sp³-hybridized carbons (Fsp3) is 0.650. The van der Waals surface area contributed by atoms with Gasteiger partial charge in [-0.25, -0.2) is 4.39 Å². The number of carbonyl (C=O) groups is 1. The van der Waals surface area contributed by atoms with E-state index >= 15 is 0 Å². The van der Waals surface area contributed by atoms with Gasteiger partial charge in [-0.1, -0.05) is 12.1 Å². The van der Waals surface area contributed by atoms with Crippen molar-refractivity contribution in [2.45, 2.75) is 63.7 Å². The molecule has 138 valence electrons. The first-order valence-corrected chi connectivity index (χ1v) is 9.35. The number of nitrogens with two attached hydrogens (primary N) is 1. The second-order valence-electron chi connectivity index (χ2n) is 7.49. The number of hydrogen-bond donors (Lipinski definition) is 1. The van der Waals surface area contributed by atoms with Crippen LogP contribution < -0.4 is 5.73 Å². The van der Waals surface area contributed by atoms with Gasteiger partial charge in [-0.2, -0.15) is 0 Å². The molecule has 0 radical (unpaired) electrons. The van der Waals surface area contributed by atoms with Gasteiger partial charge < -0.3 is 15.2 Å². The lowest BCUT2D eigenvalue weighted by molar-refractivity contribution is -0.155. The molecule has 4 atom stereocenters. The Bertz CT molecular complexity index is 573. The Hall–Kier alpha value is -1.46. The van der Waals surface area contributed by atoms with E-state index in [4.69, 9.17) is 15.2 Å². The molecular formula is C20H28FNO3. The average molecular weight is 349 g/mol. The van der Waals surface area contributed by atoms with Crippen molar-refractivity contribution < 1.29 is 18.7 Å². The maximum atomic E-state index is 13.2. The van der Waals surface area contributed by atoms with Gasteiger partial charge in [-0.3, -0.25) is 4.79 Å². The van der Waals surface area contributed by atoms with Crippen LogP contribution in [0.25, 0.3) is 0 Å². The van der Waals surface area contributed by atoms with Gasteiger partial charge in [0.15, 0.2) is 0 Å². The van der Waals surface area contributed by atoms with E-state index in [-0.39, 0.29) is 29.9 Å². The number of cyclic esters (lactones) is 1. The zero-order chi connectivity index (χ0) is 17.8. The largest absolute Gasteiger partial charge is 0.461 e. The molecule has 0 aromatic heterocycles. The van der Waals surface area contributed by atoms with Crippen LogP contribution in [0, 0.1) is 17.7 Å². The molecule has 0 bridgehead atoms. The zero-order valence-electron chi connectivity index (χ0n) is 14.8. The Morgan fingerprint density at radius 2 is 1.92 bits per heavy atom. The molecule has 1 aliphatic carbocycles. The number of carbonyl (C=O) groups excluding carboxylic acids is 1. The summed E-state index contributed by atoms with van der Waals surface area (Å²) in [6.07, 6.45) is 5.25. The van der Waals surface area contributed by atoms with Crippen LogP contribution in [0.5, 0.6) is 0 Å². The molecule has 5 heteroatoms. The minimum absolute atomic E-state index is 0.0266. The van der Waals surface area contributed by atoms with Crippen molar-refractivity contribution in [1.82, 2.24) is 0 Å². The molecule has 1 aromatic carbocycles. The summed E-state index contributed by atoms with van der Waals surface area (Å²) in [6, 6.07) is 5.96. The number of benzene rings is 1. The number of rotatable bonds is 5. The Kier molecular flexibility index (Phi) is 6.07. The fourth-order valence-electron chi connectivity index (χ4n) is 3.47. The minimum Gasteiger partial charge on any atom is -0.461 e. The third-order valence-corrected chi connectivity index (χ3v) is 5.32. The molecule has 1 saturated heterocycles. The van der Waals surface area contributed by atoms with Crippen LogP contribution in [0.2, 0.25) is 0 Å². The van der Waals surface area contributed by atoms with Gasteiger partial charge in [0.1, 0.15) is 18.0 Å². The highest BCUT2D eigenvalue weighted by Gasteiger charge is 2.34. The molecule has 1 heterocycles. The molecular weight excluding hydrogens is 321 g/mol. The first-order chi connectivity index (χ1) is 12.0. The Balaban J connectivity index is 1.76. The summed E-state index contributed by atoms with van der Waals surface area (Å²) in [5, 5.41) is 0. The van der Waals surface area contributed by atoms with Crippen LogP contribution in [-0.2, 0) is 20.7 Å². The van der Waals surface area contributed by atoms with Crippen LogP contribution in [-0.4, -0.2) is 30.8 Å². The van der Waals surface area contributed by atoms with E-state index in [1.807, 2.05) is 6.92 Å². The van der Waals surface area contributed by atoms with E-state index in [0.29, 0.717) is 18.8 Å². The molecule has 4 unspecified atom stereocenters. The standard InChI is InChI=1S/C20H28FNO3/c1-13-17(11-14-7-9-16(21)10-8-14)19(24-12-15-5-6-15)4-2-3-18(22)20(23)25-13/h7-10,13,15,17-19H,2-6,11-12,22H2,1H3. The maximum absolute atomic E-state index is 13.2. The van der Waals surface area contributed by atoms with Crippen LogP contribution >= 0.6 is 0 Å². The van der Waals surface area contributed by atoms with Gasteiger partial charge in [0.25, 0.3) is 0 Å². The van der Waals surface area contributed by atoms with Crippen molar-refractivity contribution in [2.75, 3.05) is 6.61 Å². The van der Waals surface area contributed by atoms with E-state index < -0.39 is 6.04 Å². The lowest BCUT2D eigenvalue weighted by atomic mass is 9.87.